The highest BCUT2D eigenvalue weighted by molar-refractivity contribution is 5.39. The molecule has 1 aromatic carbocycles. The summed E-state index contributed by atoms with van der Waals surface area (Å²) in [6, 6.07) is 9.57. The van der Waals surface area contributed by atoms with Gasteiger partial charge in [0.25, 0.3) is 5.56 Å². The van der Waals surface area contributed by atoms with Gasteiger partial charge in [0.1, 0.15) is 11.6 Å². The molecule has 1 heterocycles. The molecule has 0 unspecified atom stereocenters. The molecule has 0 amide bonds. The molecule has 0 saturated carbocycles. The Labute approximate surface area is 124 Å². The van der Waals surface area contributed by atoms with Crippen LogP contribution >= 0.6 is 0 Å². The molecule has 0 aliphatic heterocycles. The summed E-state index contributed by atoms with van der Waals surface area (Å²) in [4.78, 5) is 21.0. The van der Waals surface area contributed by atoms with Gasteiger partial charge in [-0.2, -0.15) is 0 Å². The summed E-state index contributed by atoms with van der Waals surface area (Å²) >= 11 is 0. The molecule has 0 aliphatic carbocycles. The molecule has 21 heavy (non-hydrogen) atoms. The second-order valence-electron chi connectivity index (χ2n) is 5.47. The lowest BCUT2D eigenvalue weighted by Gasteiger charge is -2.20. The molecule has 112 valence electrons. The molecular formula is C16H22N4O. The number of aromatic nitrogens is 2. The van der Waals surface area contributed by atoms with Crippen LogP contribution in [0.4, 0.5) is 5.82 Å². The van der Waals surface area contributed by atoms with Gasteiger partial charge in [0.2, 0.25) is 0 Å². The predicted octanol–water partition coefficient (Wildman–Crippen LogP) is 1.99. The predicted molar refractivity (Wildman–Crippen MR) is 85.4 cm³/mol. The number of rotatable bonds is 5. The van der Waals surface area contributed by atoms with Crippen molar-refractivity contribution in [1.82, 2.24) is 9.97 Å². The van der Waals surface area contributed by atoms with Gasteiger partial charge >= 0.3 is 0 Å². The van der Waals surface area contributed by atoms with E-state index in [4.69, 9.17) is 5.73 Å². The minimum atomic E-state index is -0.123. The fourth-order valence-electron chi connectivity index (χ4n) is 2.18. The number of nitrogens with two attached hydrogens (primary N) is 1. The van der Waals surface area contributed by atoms with Crippen LogP contribution in [-0.2, 0) is 13.1 Å². The van der Waals surface area contributed by atoms with Gasteiger partial charge in [-0.25, -0.2) is 4.98 Å². The Bertz CT molecular complexity index is 663. The Hall–Kier alpha value is -2.14. The number of nitrogens with one attached hydrogen (secondary N) is 1. The minimum absolute atomic E-state index is 0.123. The molecule has 1 aromatic heterocycles. The number of H-pyrrole nitrogens is 1. The van der Waals surface area contributed by atoms with Crippen LogP contribution in [-0.4, -0.2) is 17.0 Å². The SMILES string of the molecule is CC(C)c1nc(N(C)Cc2ccccc2CN)cc(=O)[nH]1. The number of benzene rings is 1. The average molecular weight is 286 g/mol. The molecule has 0 atom stereocenters. The highest BCUT2D eigenvalue weighted by Gasteiger charge is 2.10. The Kier molecular flexibility index (Phi) is 4.75. The summed E-state index contributed by atoms with van der Waals surface area (Å²) < 4.78 is 0. The van der Waals surface area contributed by atoms with E-state index in [1.807, 2.05) is 44.0 Å². The first-order chi connectivity index (χ1) is 10.0. The van der Waals surface area contributed by atoms with Gasteiger partial charge in [-0.15, -0.1) is 0 Å². The van der Waals surface area contributed by atoms with Crippen molar-refractivity contribution in [3.8, 4) is 0 Å². The fraction of sp³-hybridized carbons (Fsp3) is 0.375. The van der Waals surface area contributed by atoms with Crippen LogP contribution < -0.4 is 16.2 Å². The van der Waals surface area contributed by atoms with E-state index in [0.29, 0.717) is 24.7 Å². The summed E-state index contributed by atoms with van der Waals surface area (Å²) in [6.07, 6.45) is 0. The van der Waals surface area contributed by atoms with E-state index in [2.05, 4.69) is 16.0 Å². The maximum atomic E-state index is 11.8. The van der Waals surface area contributed by atoms with Crippen LogP contribution in [0, 0.1) is 0 Å². The van der Waals surface area contributed by atoms with Gasteiger partial charge in [-0.1, -0.05) is 38.1 Å². The largest absolute Gasteiger partial charge is 0.355 e. The summed E-state index contributed by atoms with van der Waals surface area (Å²) in [7, 11) is 1.93. The Morgan fingerprint density at radius 3 is 2.57 bits per heavy atom. The smallest absolute Gasteiger partial charge is 0.252 e. The number of aromatic amines is 1. The van der Waals surface area contributed by atoms with E-state index in [1.165, 1.54) is 6.07 Å². The molecule has 0 radical (unpaired) electrons. The van der Waals surface area contributed by atoms with E-state index in [0.717, 1.165) is 11.1 Å². The molecule has 2 aromatic rings. The Balaban J connectivity index is 2.28. The second-order valence-corrected chi connectivity index (χ2v) is 5.47. The van der Waals surface area contributed by atoms with Crippen molar-refractivity contribution in [1.29, 1.82) is 0 Å². The minimum Gasteiger partial charge on any atom is -0.355 e. The zero-order valence-corrected chi connectivity index (χ0v) is 12.8. The molecule has 0 aliphatic rings. The third kappa shape index (κ3) is 3.70. The number of hydrogen-bond donors (Lipinski definition) is 2. The lowest BCUT2D eigenvalue weighted by molar-refractivity contribution is 0.754. The topological polar surface area (TPSA) is 75.0 Å². The van der Waals surface area contributed by atoms with Gasteiger partial charge in [0.15, 0.2) is 0 Å². The van der Waals surface area contributed by atoms with Crippen LogP contribution in [0.3, 0.4) is 0 Å². The monoisotopic (exact) mass is 286 g/mol. The van der Waals surface area contributed by atoms with Crippen molar-refractivity contribution < 1.29 is 0 Å². The van der Waals surface area contributed by atoms with Crippen LogP contribution in [0.1, 0.15) is 36.7 Å². The van der Waals surface area contributed by atoms with Gasteiger partial charge in [-0.05, 0) is 11.1 Å². The second kappa shape index (κ2) is 6.54. The van der Waals surface area contributed by atoms with Crippen LogP contribution in [0.15, 0.2) is 35.1 Å². The zero-order valence-electron chi connectivity index (χ0n) is 12.8. The van der Waals surface area contributed by atoms with Crippen LogP contribution in [0.2, 0.25) is 0 Å². The highest BCUT2D eigenvalue weighted by Crippen LogP contribution is 2.16. The van der Waals surface area contributed by atoms with Crippen molar-refractivity contribution >= 4 is 5.82 Å². The zero-order chi connectivity index (χ0) is 15.4. The first-order valence-corrected chi connectivity index (χ1v) is 7.10. The molecule has 2 rings (SSSR count). The molecule has 0 fully saturated rings. The molecule has 0 saturated heterocycles. The number of hydrogen-bond acceptors (Lipinski definition) is 4. The molecule has 0 spiro atoms. The van der Waals surface area contributed by atoms with E-state index in [-0.39, 0.29) is 11.5 Å². The molecule has 5 heteroatoms. The molecule has 5 nitrogen and oxygen atoms in total. The van der Waals surface area contributed by atoms with Crippen molar-refractivity contribution in [2.75, 3.05) is 11.9 Å². The van der Waals surface area contributed by atoms with Crippen molar-refractivity contribution in [2.45, 2.75) is 32.9 Å². The number of nitrogens with zero attached hydrogens (tertiary/aromatic N) is 2. The normalized spacial score (nSPS) is 10.9. The van der Waals surface area contributed by atoms with Gasteiger partial charge in [-0.3, -0.25) is 4.79 Å². The van der Waals surface area contributed by atoms with E-state index in [1.54, 1.807) is 0 Å². The average Bonchev–Trinajstić information content (AvgIpc) is 2.47. The van der Waals surface area contributed by atoms with Gasteiger partial charge < -0.3 is 15.6 Å². The standard InChI is InChI=1S/C16H22N4O/c1-11(2)16-18-14(8-15(21)19-16)20(3)10-13-7-5-4-6-12(13)9-17/h4-8,11H,9-10,17H2,1-3H3,(H,18,19,21). The highest BCUT2D eigenvalue weighted by atomic mass is 16.1. The fourth-order valence-corrected chi connectivity index (χ4v) is 2.18. The maximum Gasteiger partial charge on any atom is 0.252 e. The van der Waals surface area contributed by atoms with Gasteiger partial charge in [0.05, 0.1) is 0 Å². The molecule has 3 N–H and O–H groups in total. The first-order valence-electron chi connectivity index (χ1n) is 7.10. The van der Waals surface area contributed by atoms with Gasteiger partial charge in [0, 0.05) is 32.1 Å². The van der Waals surface area contributed by atoms with Crippen molar-refractivity contribution in [3.05, 3.63) is 57.6 Å². The van der Waals surface area contributed by atoms with Crippen molar-refractivity contribution in [2.24, 2.45) is 5.73 Å². The first kappa shape index (κ1) is 15.3. The van der Waals surface area contributed by atoms with E-state index < -0.39 is 0 Å². The third-order valence-electron chi connectivity index (χ3n) is 3.43. The quantitative estimate of drug-likeness (QED) is 0.881. The summed E-state index contributed by atoms with van der Waals surface area (Å²) in [5.74, 6) is 1.56. The summed E-state index contributed by atoms with van der Waals surface area (Å²) in [6.45, 7) is 5.18. The third-order valence-corrected chi connectivity index (χ3v) is 3.43. The van der Waals surface area contributed by atoms with E-state index >= 15 is 0 Å². The molecule has 0 bridgehead atoms. The Morgan fingerprint density at radius 2 is 1.95 bits per heavy atom. The lowest BCUT2D eigenvalue weighted by Crippen LogP contribution is -2.23. The van der Waals surface area contributed by atoms with Crippen LogP contribution in [0.25, 0.3) is 0 Å². The molecular weight excluding hydrogens is 264 g/mol. The Morgan fingerprint density at radius 1 is 1.29 bits per heavy atom. The van der Waals surface area contributed by atoms with Crippen LogP contribution in [0.5, 0.6) is 0 Å². The summed E-state index contributed by atoms with van der Waals surface area (Å²) in [5.41, 5.74) is 7.90. The maximum absolute atomic E-state index is 11.8. The summed E-state index contributed by atoms with van der Waals surface area (Å²) in [5, 5.41) is 0. The van der Waals surface area contributed by atoms with Crippen molar-refractivity contribution in [3.63, 3.8) is 0 Å². The van der Waals surface area contributed by atoms with E-state index in [9.17, 15) is 4.79 Å². The number of anilines is 1. The lowest BCUT2D eigenvalue weighted by atomic mass is 10.1.